The van der Waals surface area contributed by atoms with Gasteiger partial charge in [0.15, 0.2) is 0 Å². The Morgan fingerprint density at radius 1 is 1.00 bits per heavy atom. The Labute approximate surface area is 123 Å². The first kappa shape index (κ1) is 14.6. The number of rotatable bonds is 2. The van der Waals surface area contributed by atoms with Crippen molar-refractivity contribution in [3.8, 4) is 0 Å². The number of ether oxygens (including phenoxy) is 1. The summed E-state index contributed by atoms with van der Waals surface area (Å²) < 4.78 is 6.30. The van der Waals surface area contributed by atoms with Gasteiger partial charge in [-0.2, -0.15) is 0 Å². The Balaban J connectivity index is 0.000000232. The third-order valence-corrected chi connectivity index (χ3v) is 3.05. The standard InChI is InChI=1S/C14H11N.C4H6O2/c1-2-15-13-9-5-3-7-11(13)12-8-4-6-10-14(12)15;1-3-6-4(2)5/h2-10H,1H2;3H,1H2,2H3. The Hall–Kier alpha value is -2.81. The molecule has 0 spiro atoms. The summed E-state index contributed by atoms with van der Waals surface area (Å²) in [5.41, 5.74) is 2.43. The number of carbonyl (C=O) groups is 1. The molecule has 0 bridgehead atoms. The highest BCUT2D eigenvalue weighted by Crippen LogP contribution is 2.28. The Bertz CT molecular complexity index is 746. The first-order valence-electron chi connectivity index (χ1n) is 6.57. The fourth-order valence-corrected chi connectivity index (χ4v) is 2.27. The van der Waals surface area contributed by atoms with Gasteiger partial charge in [0, 0.05) is 23.9 Å². The predicted molar refractivity (Wildman–Crippen MR) is 87.8 cm³/mol. The van der Waals surface area contributed by atoms with Crippen molar-refractivity contribution in [2.45, 2.75) is 6.92 Å². The molecule has 0 aliphatic carbocycles. The molecule has 21 heavy (non-hydrogen) atoms. The largest absolute Gasteiger partial charge is 0.435 e. The second-order valence-corrected chi connectivity index (χ2v) is 4.36. The fraction of sp³-hybridized carbons (Fsp3) is 0.0556. The van der Waals surface area contributed by atoms with Crippen LogP contribution in [-0.4, -0.2) is 10.5 Å². The fourth-order valence-electron chi connectivity index (χ4n) is 2.27. The molecule has 1 heterocycles. The van der Waals surface area contributed by atoms with Gasteiger partial charge in [-0.05, 0) is 12.1 Å². The molecule has 0 atom stereocenters. The number of nitrogens with zero attached hydrogens (tertiary/aromatic N) is 1. The molecule has 2 aromatic carbocycles. The van der Waals surface area contributed by atoms with E-state index in [0.29, 0.717) is 0 Å². The van der Waals surface area contributed by atoms with Crippen molar-refractivity contribution in [1.82, 2.24) is 4.57 Å². The number of fused-ring (bicyclic) bond motifs is 3. The number of carbonyl (C=O) groups excluding carboxylic acids is 1. The van der Waals surface area contributed by atoms with Crippen LogP contribution in [-0.2, 0) is 9.53 Å². The van der Waals surface area contributed by atoms with Crippen molar-refractivity contribution in [3.63, 3.8) is 0 Å². The summed E-state index contributed by atoms with van der Waals surface area (Å²) in [6.45, 7) is 8.35. The van der Waals surface area contributed by atoms with Crippen LogP contribution < -0.4 is 0 Å². The molecule has 3 heteroatoms. The van der Waals surface area contributed by atoms with Crippen LogP contribution in [0.25, 0.3) is 28.0 Å². The minimum Gasteiger partial charge on any atom is -0.435 e. The van der Waals surface area contributed by atoms with Gasteiger partial charge in [-0.1, -0.05) is 49.6 Å². The number of aromatic nitrogens is 1. The van der Waals surface area contributed by atoms with Crippen LogP contribution in [0.3, 0.4) is 0 Å². The van der Waals surface area contributed by atoms with E-state index in [-0.39, 0.29) is 5.97 Å². The van der Waals surface area contributed by atoms with E-state index < -0.39 is 0 Å². The average molecular weight is 279 g/mol. The lowest BCUT2D eigenvalue weighted by Gasteiger charge is -1.97. The maximum atomic E-state index is 9.75. The molecule has 0 fully saturated rings. The van der Waals surface area contributed by atoms with Gasteiger partial charge in [0.25, 0.3) is 0 Å². The third-order valence-electron chi connectivity index (χ3n) is 3.05. The van der Waals surface area contributed by atoms with E-state index in [9.17, 15) is 4.79 Å². The summed E-state index contributed by atoms with van der Waals surface area (Å²) in [5, 5.41) is 2.57. The molecule has 0 N–H and O–H groups in total. The molecular weight excluding hydrogens is 262 g/mol. The number of hydrogen-bond donors (Lipinski definition) is 0. The molecule has 0 amide bonds. The zero-order chi connectivity index (χ0) is 15.2. The molecule has 1 aromatic heterocycles. The second-order valence-electron chi connectivity index (χ2n) is 4.36. The third kappa shape index (κ3) is 3.03. The van der Waals surface area contributed by atoms with Gasteiger partial charge < -0.3 is 9.30 Å². The second kappa shape index (κ2) is 6.57. The monoisotopic (exact) mass is 279 g/mol. The predicted octanol–water partition coefficient (Wildman–Crippen LogP) is 4.59. The Morgan fingerprint density at radius 2 is 1.48 bits per heavy atom. The topological polar surface area (TPSA) is 31.2 Å². The summed E-state index contributed by atoms with van der Waals surface area (Å²) in [7, 11) is 0. The van der Waals surface area contributed by atoms with Crippen LogP contribution >= 0.6 is 0 Å². The van der Waals surface area contributed by atoms with Crippen LogP contribution in [0, 0.1) is 0 Å². The Kier molecular flexibility index (Phi) is 4.57. The molecule has 3 nitrogen and oxygen atoms in total. The van der Waals surface area contributed by atoms with E-state index in [4.69, 9.17) is 0 Å². The molecule has 0 saturated carbocycles. The average Bonchev–Trinajstić information content (AvgIpc) is 2.81. The van der Waals surface area contributed by atoms with Crippen LogP contribution in [0.2, 0.25) is 0 Å². The molecule has 3 aromatic rings. The van der Waals surface area contributed by atoms with Crippen LogP contribution in [0.5, 0.6) is 0 Å². The van der Waals surface area contributed by atoms with E-state index in [2.05, 4.69) is 71.0 Å². The molecular formula is C18H17NO2. The molecule has 0 radical (unpaired) electrons. The molecule has 0 aliphatic rings. The number of esters is 1. The number of benzene rings is 2. The molecule has 0 unspecified atom stereocenters. The van der Waals surface area contributed by atoms with Crippen LogP contribution in [0.15, 0.2) is 68.0 Å². The lowest BCUT2D eigenvalue weighted by molar-refractivity contribution is -0.135. The van der Waals surface area contributed by atoms with Gasteiger partial charge in [0.05, 0.1) is 17.3 Å². The van der Waals surface area contributed by atoms with Crippen molar-refractivity contribution in [1.29, 1.82) is 0 Å². The van der Waals surface area contributed by atoms with Crippen molar-refractivity contribution < 1.29 is 9.53 Å². The van der Waals surface area contributed by atoms with E-state index in [1.807, 2.05) is 6.20 Å². The van der Waals surface area contributed by atoms with E-state index in [1.165, 1.54) is 28.7 Å². The molecule has 0 aliphatic heterocycles. The lowest BCUT2D eigenvalue weighted by Crippen LogP contribution is -1.87. The van der Waals surface area contributed by atoms with Crippen LogP contribution in [0.4, 0.5) is 0 Å². The van der Waals surface area contributed by atoms with E-state index in [1.54, 1.807) is 0 Å². The lowest BCUT2D eigenvalue weighted by atomic mass is 10.2. The van der Waals surface area contributed by atoms with Crippen molar-refractivity contribution in [2.75, 3.05) is 0 Å². The minimum absolute atomic E-state index is 0.329. The van der Waals surface area contributed by atoms with E-state index >= 15 is 0 Å². The zero-order valence-electron chi connectivity index (χ0n) is 12.0. The van der Waals surface area contributed by atoms with Gasteiger partial charge in [0.2, 0.25) is 0 Å². The van der Waals surface area contributed by atoms with Crippen molar-refractivity contribution in [2.24, 2.45) is 0 Å². The zero-order valence-corrected chi connectivity index (χ0v) is 12.0. The van der Waals surface area contributed by atoms with Gasteiger partial charge in [-0.25, -0.2) is 0 Å². The number of hydrogen-bond acceptors (Lipinski definition) is 2. The molecule has 0 saturated heterocycles. The number of para-hydroxylation sites is 2. The smallest absolute Gasteiger partial charge is 0.307 e. The summed E-state index contributed by atoms with van der Waals surface area (Å²) in [5.74, 6) is -0.329. The molecule has 106 valence electrons. The van der Waals surface area contributed by atoms with Gasteiger partial charge >= 0.3 is 5.97 Å². The highest BCUT2D eigenvalue weighted by molar-refractivity contribution is 6.09. The van der Waals surface area contributed by atoms with Gasteiger partial charge in [-0.3, -0.25) is 4.79 Å². The van der Waals surface area contributed by atoms with Gasteiger partial charge in [0.1, 0.15) is 0 Å². The first-order valence-corrected chi connectivity index (χ1v) is 6.57. The summed E-state index contributed by atoms with van der Waals surface area (Å²) in [6.07, 6.45) is 2.97. The van der Waals surface area contributed by atoms with Crippen molar-refractivity contribution in [3.05, 3.63) is 68.0 Å². The van der Waals surface area contributed by atoms with Gasteiger partial charge in [-0.15, -0.1) is 0 Å². The minimum atomic E-state index is -0.329. The SMILES string of the molecule is C=COC(C)=O.C=Cn1c2ccccc2c2ccccc21. The van der Waals surface area contributed by atoms with Crippen molar-refractivity contribution >= 4 is 34.0 Å². The quantitative estimate of drug-likeness (QED) is 0.507. The summed E-state index contributed by atoms with van der Waals surface area (Å²) in [4.78, 5) is 9.75. The van der Waals surface area contributed by atoms with Crippen LogP contribution in [0.1, 0.15) is 6.92 Å². The Morgan fingerprint density at radius 3 is 1.81 bits per heavy atom. The first-order chi connectivity index (χ1) is 10.2. The van der Waals surface area contributed by atoms with E-state index in [0.717, 1.165) is 6.26 Å². The summed E-state index contributed by atoms with van der Waals surface area (Å²) in [6, 6.07) is 16.8. The highest BCUT2D eigenvalue weighted by Gasteiger charge is 2.06. The maximum Gasteiger partial charge on any atom is 0.307 e. The highest BCUT2D eigenvalue weighted by atomic mass is 16.5. The summed E-state index contributed by atoms with van der Waals surface area (Å²) >= 11 is 0. The normalized spacial score (nSPS) is 9.76. The maximum absolute atomic E-state index is 9.75. The molecule has 3 rings (SSSR count).